The van der Waals surface area contributed by atoms with Crippen LogP contribution in [0.25, 0.3) is 10.9 Å². The number of nitro groups is 1. The number of aromatic amines is 1. The molecule has 0 spiro atoms. The fourth-order valence-corrected chi connectivity index (χ4v) is 2.66. The largest absolute Gasteiger partial charge is 0.383 e. The number of fused-ring (bicyclic) bond motifs is 1. The second-order valence-electron chi connectivity index (χ2n) is 4.62. The molecule has 0 amide bonds. The Bertz CT molecular complexity index is 607. The van der Waals surface area contributed by atoms with Gasteiger partial charge in [-0.15, -0.1) is 0 Å². The number of benzene rings is 1. The Morgan fingerprint density at radius 3 is 2.84 bits per heavy atom. The first kappa shape index (κ1) is 13.9. The molecule has 1 heterocycles. The van der Waals surface area contributed by atoms with Crippen LogP contribution in [-0.4, -0.2) is 26.5 Å². The summed E-state index contributed by atoms with van der Waals surface area (Å²) in [6, 6.07) is 6.41. The van der Waals surface area contributed by atoms with Crippen molar-refractivity contribution in [3.8, 4) is 0 Å². The predicted octanol–water partition coefficient (Wildman–Crippen LogP) is 3.04. The third kappa shape index (κ3) is 2.90. The van der Waals surface area contributed by atoms with Gasteiger partial charge >= 0.3 is 0 Å². The summed E-state index contributed by atoms with van der Waals surface area (Å²) in [5, 5.41) is 21.9. The minimum atomic E-state index is -0.964. The number of hydrogen-bond donors (Lipinski definition) is 2. The van der Waals surface area contributed by atoms with Crippen LogP contribution in [0.2, 0.25) is 0 Å². The Morgan fingerprint density at radius 1 is 1.47 bits per heavy atom. The first-order chi connectivity index (χ1) is 8.94. The summed E-state index contributed by atoms with van der Waals surface area (Å²) in [5.41, 5.74) is 0.570. The zero-order chi connectivity index (χ0) is 14.0. The van der Waals surface area contributed by atoms with Gasteiger partial charge < -0.3 is 10.1 Å². The highest BCUT2D eigenvalue weighted by atomic mass is 32.2. The summed E-state index contributed by atoms with van der Waals surface area (Å²) in [6.45, 7) is 3.78. The van der Waals surface area contributed by atoms with Gasteiger partial charge in [0.2, 0.25) is 0 Å². The van der Waals surface area contributed by atoms with E-state index in [0.717, 1.165) is 16.7 Å². The molecule has 1 aromatic heterocycles. The van der Waals surface area contributed by atoms with E-state index >= 15 is 0 Å². The lowest BCUT2D eigenvalue weighted by Gasteiger charge is -2.21. The van der Waals surface area contributed by atoms with Crippen molar-refractivity contribution in [1.82, 2.24) is 4.98 Å². The molecule has 0 saturated heterocycles. The highest BCUT2D eigenvalue weighted by Gasteiger charge is 2.25. The predicted molar refractivity (Wildman–Crippen MR) is 77.5 cm³/mol. The zero-order valence-electron chi connectivity index (χ0n) is 10.8. The average Bonchev–Trinajstić information content (AvgIpc) is 2.79. The molecule has 2 rings (SSSR count). The van der Waals surface area contributed by atoms with Crippen molar-refractivity contribution in [1.29, 1.82) is 0 Å². The molecule has 2 aromatic rings. The summed E-state index contributed by atoms with van der Waals surface area (Å²) >= 11 is 1.65. The van der Waals surface area contributed by atoms with E-state index in [0.29, 0.717) is 11.4 Å². The van der Waals surface area contributed by atoms with Gasteiger partial charge in [-0.2, -0.15) is 11.8 Å². The molecule has 0 unspecified atom stereocenters. The quantitative estimate of drug-likeness (QED) is 0.651. The number of non-ortho nitro benzene ring substituents is 1. The SMILES string of the molecule is CCSC[C@](C)(O)c1cc2cc([N+](=O)[O-])ccc2[nH]1. The van der Waals surface area contributed by atoms with Crippen molar-refractivity contribution in [2.45, 2.75) is 19.4 Å². The van der Waals surface area contributed by atoms with E-state index in [9.17, 15) is 15.2 Å². The van der Waals surface area contributed by atoms with Gasteiger partial charge in [-0.05, 0) is 24.8 Å². The summed E-state index contributed by atoms with van der Waals surface area (Å²) in [4.78, 5) is 13.4. The van der Waals surface area contributed by atoms with Gasteiger partial charge in [-0.3, -0.25) is 10.1 Å². The summed E-state index contributed by atoms with van der Waals surface area (Å²) in [5.74, 6) is 1.51. The number of thioether (sulfide) groups is 1. The molecule has 0 radical (unpaired) electrons. The highest BCUT2D eigenvalue weighted by Crippen LogP contribution is 2.29. The van der Waals surface area contributed by atoms with Crippen LogP contribution >= 0.6 is 11.8 Å². The third-order valence-electron chi connectivity index (χ3n) is 2.98. The molecule has 0 aliphatic carbocycles. The summed E-state index contributed by atoms with van der Waals surface area (Å²) in [6.07, 6.45) is 0. The van der Waals surface area contributed by atoms with E-state index in [1.54, 1.807) is 30.8 Å². The fraction of sp³-hybridized carbons (Fsp3) is 0.385. The Morgan fingerprint density at radius 2 is 2.21 bits per heavy atom. The van der Waals surface area contributed by atoms with E-state index < -0.39 is 10.5 Å². The van der Waals surface area contributed by atoms with E-state index in [2.05, 4.69) is 4.98 Å². The van der Waals surface area contributed by atoms with Crippen molar-refractivity contribution >= 4 is 28.4 Å². The van der Waals surface area contributed by atoms with Gasteiger partial charge in [0.15, 0.2) is 0 Å². The normalized spacial score (nSPS) is 14.5. The van der Waals surface area contributed by atoms with Crippen LogP contribution < -0.4 is 0 Å². The van der Waals surface area contributed by atoms with Gasteiger partial charge in [0.25, 0.3) is 5.69 Å². The molecule has 1 aromatic carbocycles. The van der Waals surface area contributed by atoms with E-state index in [1.807, 2.05) is 6.92 Å². The van der Waals surface area contributed by atoms with Crippen molar-refractivity contribution in [3.63, 3.8) is 0 Å². The van der Waals surface area contributed by atoms with Crippen LogP contribution in [0.4, 0.5) is 5.69 Å². The molecular formula is C13H16N2O3S. The number of nitro benzene ring substituents is 1. The molecule has 0 aliphatic rings. The van der Waals surface area contributed by atoms with Crippen LogP contribution in [0.15, 0.2) is 24.3 Å². The van der Waals surface area contributed by atoms with Gasteiger partial charge in [0.05, 0.1) is 4.92 Å². The zero-order valence-corrected chi connectivity index (χ0v) is 11.7. The van der Waals surface area contributed by atoms with Crippen molar-refractivity contribution in [2.24, 2.45) is 0 Å². The highest BCUT2D eigenvalue weighted by molar-refractivity contribution is 7.99. The molecule has 0 bridgehead atoms. The third-order valence-corrected chi connectivity index (χ3v) is 4.16. The first-order valence-electron chi connectivity index (χ1n) is 6.02. The molecule has 6 heteroatoms. The molecular weight excluding hydrogens is 264 g/mol. The van der Waals surface area contributed by atoms with E-state index in [-0.39, 0.29) is 5.69 Å². The first-order valence-corrected chi connectivity index (χ1v) is 7.17. The minimum Gasteiger partial charge on any atom is -0.383 e. The maximum atomic E-state index is 10.7. The smallest absolute Gasteiger partial charge is 0.270 e. The standard InChI is InChI=1S/C13H16N2O3S/c1-3-19-8-13(2,16)12-7-9-6-10(15(17)18)4-5-11(9)14-12/h4-7,14,16H,3,8H2,1-2H3/t13-/m0/s1. The topological polar surface area (TPSA) is 79.2 Å². The average molecular weight is 280 g/mol. The summed E-state index contributed by atoms with van der Waals surface area (Å²) < 4.78 is 0. The number of H-pyrrole nitrogens is 1. The van der Waals surface area contributed by atoms with Gasteiger partial charge in [0.1, 0.15) is 5.60 Å². The van der Waals surface area contributed by atoms with Crippen LogP contribution in [0.3, 0.4) is 0 Å². The molecule has 102 valence electrons. The van der Waals surface area contributed by atoms with Gasteiger partial charge in [-0.1, -0.05) is 6.92 Å². The second-order valence-corrected chi connectivity index (χ2v) is 5.90. The van der Waals surface area contributed by atoms with Crippen molar-refractivity contribution in [3.05, 3.63) is 40.1 Å². The number of nitrogens with zero attached hydrogens (tertiary/aromatic N) is 1. The van der Waals surface area contributed by atoms with Crippen molar-refractivity contribution < 1.29 is 10.0 Å². The molecule has 1 atom stereocenters. The lowest BCUT2D eigenvalue weighted by molar-refractivity contribution is -0.384. The number of aliphatic hydroxyl groups is 1. The monoisotopic (exact) mass is 280 g/mol. The van der Waals surface area contributed by atoms with E-state index in [4.69, 9.17) is 0 Å². The molecule has 0 aliphatic heterocycles. The molecule has 5 nitrogen and oxygen atoms in total. The van der Waals surface area contributed by atoms with Gasteiger partial charge in [-0.25, -0.2) is 0 Å². The van der Waals surface area contributed by atoms with E-state index in [1.165, 1.54) is 12.1 Å². The Hall–Kier alpha value is -1.53. The van der Waals surface area contributed by atoms with Crippen LogP contribution in [0.5, 0.6) is 0 Å². The molecule has 0 fully saturated rings. The Labute approximate surface area is 115 Å². The number of rotatable bonds is 5. The van der Waals surface area contributed by atoms with Crippen LogP contribution in [0, 0.1) is 10.1 Å². The lowest BCUT2D eigenvalue weighted by atomic mass is 10.1. The maximum absolute atomic E-state index is 10.7. The molecule has 19 heavy (non-hydrogen) atoms. The number of aromatic nitrogens is 1. The minimum absolute atomic E-state index is 0.0561. The number of hydrogen-bond acceptors (Lipinski definition) is 4. The lowest BCUT2D eigenvalue weighted by Crippen LogP contribution is -2.24. The maximum Gasteiger partial charge on any atom is 0.270 e. The Kier molecular flexibility index (Phi) is 3.82. The molecule has 0 saturated carbocycles. The van der Waals surface area contributed by atoms with Crippen LogP contribution in [0.1, 0.15) is 19.5 Å². The summed E-state index contributed by atoms with van der Waals surface area (Å²) in [7, 11) is 0. The fourth-order valence-electron chi connectivity index (χ4n) is 1.90. The van der Waals surface area contributed by atoms with Crippen LogP contribution in [-0.2, 0) is 5.60 Å². The molecule has 2 N–H and O–H groups in total. The second kappa shape index (κ2) is 5.22. The van der Waals surface area contributed by atoms with Crippen molar-refractivity contribution in [2.75, 3.05) is 11.5 Å². The Balaban J connectivity index is 2.38. The number of nitrogens with one attached hydrogen (secondary N) is 1. The van der Waals surface area contributed by atoms with Gasteiger partial charge in [0, 0.05) is 34.5 Å².